The molecule has 8 heteroatoms. The van der Waals surface area contributed by atoms with Crippen molar-refractivity contribution in [1.29, 1.82) is 0 Å². The zero-order valence-corrected chi connectivity index (χ0v) is 14.5. The first kappa shape index (κ1) is 16.2. The summed E-state index contributed by atoms with van der Waals surface area (Å²) in [6.45, 7) is 2.03. The first-order valence-corrected chi connectivity index (χ1v) is 9.81. The molecule has 0 unspecified atom stereocenters. The van der Waals surface area contributed by atoms with Gasteiger partial charge in [-0.3, -0.25) is 4.68 Å². The molecule has 0 saturated heterocycles. The summed E-state index contributed by atoms with van der Waals surface area (Å²) in [4.78, 5) is 0. The smallest absolute Gasteiger partial charge is 0.249 e. The van der Waals surface area contributed by atoms with Gasteiger partial charge in [0.1, 0.15) is 5.82 Å². The van der Waals surface area contributed by atoms with Gasteiger partial charge < -0.3 is 4.57 Å². The second-order valence-corrected chi connectivity index (χ2v) is 8.06. The van der Waals surface area contributed by atoms with Crippen LogP contribution >= 0.6 is 0 Å². The van der Waals surface area contributed by atoms with Crippen molar-refractivity contribution in [1.82, 2.24) is 24.5 Å². The van der Waals surface area contributed by atoms with E-state index in [4.69, 9.17) is 0 Å². The Morgan fingerprint density at radius 3 is 2.70 bits per heavy atom. The minimum absolute atomic E-state index is 0.0418. The highest BCUT2D eigenvalue weighted by atomic mass is 32.2. The molecule has 23 heavy (non-hydrogen) atoms. The Morgan fingerprint density at radius 2 is 2.00 bits per heavy atom. The number of hydrogen-bond donors (Lipinski definition) is 0. The lowest BCUT2D eigenvalue weighted by Crippen LogP contribution is -2.17. The van der Waals surface area contributed by atoms with Crippen molar-refractivity contribution < 1.29 is 8.42 Å². The fourth-order valence-corrected chi connectivity index (χ4v) is 4.68. The second kappa shape index (κ2) is 6.43. The first-order valence-electron chi connectivity index (χ1n) is 8.16. The summed E-state index contributed by atoms with van der Waals surface area (Å²) in [6, 6.07) is 2.12. The van der Waals surface area contributed by atoms with Crippen molar-refractivity contribution in [3.8, 4) is 0 Å². The molecule has 126 valence electrons. The topological polar surface area (TPSA) is 82.7 Å². The maximum absolute atomic E-state index is 12.7. The molecule has 2 aromatic heterocycles. The first-order chi connectivity index (χ1) is 11.0. The Kier molecular flexibility index (Phi) is 4.52. The summed E-state index contributed by atoms with van der Waals surface area (Å²) in [7, 11) is -1.82. The Balaban J connectivity index is 1.86. The van der Waals surface area contributed by atoms with Gasteiger partial charge in [-0.15, -0.1) is 10.2 Å². The van der Waals surface area contributed by atoms with Gasteiger partial charge in [0.2, 0.25) is 15.0 Å². The highest BCUT2D eigenvalue weighted by Gasteiger charge is 2.27. The van der Waals surface area contributed by atoms with E-state index in [-0.39, 0.29) is 10.9 Å². The standard InChI is InChI=1S/C15H23N5O2S/c1-3-6-14-17-18-15(19(14)2)23(21,22)11-13-9-10-16-20(13)12-7-4-5-8-12/h9-10,12H,3-8,11H2,1-2H3. The molecule has 0 N–H and O–H groups in total. The number of rotatable bonds is 6. The van der Waals surface area contributed by atoms with Crippen LogP contribution < -0.4 is 0 Å². The lowest BCUT2D eigenvalue weighted by atomic mass is 10.2. The van der Waals surface area contributed by atoms with E-state index in [1.54, 1.807) is 23.9 Å². The average molecular weight is 337 g/mol. The van der Waals surface area contributed by atoms with E-state index >= 15 is 0 Å². The van der Waals surface area contributed by atoms with Crippen LogP contribution in [0.3, 0.4) is 0 Å². The van der Waals surface area contributed by atoms with Crippen LogP contribution in [0.5, 0.6) is 0 Å². The molecule has 2 aromatic rings. The molecule has 0 atom stereocenters. The molecule has 1 fully saturated rings. The van der Waals surface area contributed by atoms with E-state index in [2.05, 4.69) is 15.3 Å². The van der Waals surface area contributed by atoms with Crippen LogP contribution in [-0.4, -0.2) is 33.0 Å². The van der Waals surface area contributed by atoms with Gasteiger partial charge >= 0.3 is 0 Å². The normalized spacial score (nSPS) is 16.3. The van der Waals surface area contributed by atoms with E-state index in [9.17, 15) is 8.42 Å². The highest BCUT2D eigenvalue weighted by Crippen LogP contribution is 2.30. The Bertz CT molecular complexity index is 772. The zero-order chi connectivity index (χ0) is 16.4. The van der Waals surface area contributed by atoms with Crippen LogP contribution in [0, 0.1) is 0 Å². The van der Waals surface area contributed by atoms with Crippen LogP contribution in [0.4, 0.5) is 0 Å². The quantitative estimate of drug-likeness (QED) is 0.805. The summed E-state index contributed by atoms with van der Waals surface area (Å²) in [5.74, 6) is 0.622. The third kappa shape index (κ3) is 3.17. The molecule has 7 nitrogen and oxygen atoms in total. The average Bonchev–Trinajstić information content (AvgIpc) is 3.20. The predicted octanol–water partition coefficient (Wildman–Crippen LogP) is 2.05. The third-order valence-corrected chi connectivity index (χ3v) is 6.03. The van der Waals surface area contributed by atoms with Crippen LogP contribution in [0.15, 0.2) is 17.4 Å². The van der Waals surface area contributed by atoms with Gasteiger partial charge in [-0.2, -0.15) is 5.10 Å². The Hall–Kier alpha value is -1.70. The summed E-state index contributed by atoms with van der Waals surface area (Å²) in [6.07, 6.45) is 7.81. The predicted molar refractivity (Wildman–Crippen MR) is 85.6 cm³/mol. The molecule has 2 heterocycles. The van der Waals surface area contributed by atoms with Crippen LogP contribution in [0.1, 0.15) is 56.6 Å². The van der Waals surface area contributed by atoms with Crippen molar-refractivity contribution in [2.75, 3.05) is 0 Å². The summed E-state index contributed by atoms with van der Waals surface area (Å²) < 4.78 is 29.0. The third-order valence-electron chi connectivity index (χ3n) is 4.44. The van der Waals surface area contributed by atoms with Gasteiger partial charge in [0.05, 0.1) is 17.5 Å². The van der Waals surface area contributed by atoms with Crippen molar-refractivity contribution >= 4 is 9.84 Å². The van der Waals surface area contributed by atoms with Gasteiger partial charge in [0, 0.05) is 19.7 Å². The summed E-state index contributed by atoms with van der Waals surface area (Å²) >= 11 is 0. The minimum Gasteiger partial charge on any atom is -0.305 e. The van der Waals surface area contributed by atoms with E-state index in [1.165, 1.54) is 12.8 Å². The van der Waals surface area contributed by atoms with Crippen LogP contribution in [-0.2, 0) is 29.1 Å². The van der Waals surface area contributed by atoms with Gasteiger partial charge in [-0.05, 0) is 25.3 Å². The van der Waals surface area contributed by atoms with Crippen molar-refractivity contribution in [2.24, 2.45) is 7.05 Å². The number of hydrogen-bond acceptors (Lipinski definition) is 5. The SMILES string of the molecule is CCCc1nnc(S(=O)(=O)Cc2ccnn2C2CCCC2)n1C. The fraction of sp³-hybridized carbons (Fsp3) is 0.667. The molecule has 3 rings (SSSR count). The molecule has 0 aliphatic heterocycles. The van der Waals surface area contributed by atoms with E-state index in [0.29, 0.717) is 11.9 Å². The molecule has 0 radical (unpaired) electrons. The van der Waals surface area contributed by atoms with Gasteiger partial charge in [0.15, 0.2) is 0 Å². The lowest BCUT2D eigenvalue weighted by molar-refractivity contribution is 0.453. The molecular weight excluding hydrogens is 314 g/mol. The molecule has 0 aromatic carbocycles. The van der Waals surface area contributed by atoms with Crippen LogP contribution in [0.2, 0.25) is 0 Å². The Morgan fingerprint density at radius 1 is 1.26 bits per heavy atom. The molecule has 1 aliphatic carbocycles. The number of aryl methyl sites for hydroxylation is 1. The van der Waals surface area contributed by atoms with E-state index in [0.717, 1.165) is 31.4 Å². The molecule has 0 spiro atoms. The monoisotopic (exact) mass is 337 g/mol. The summed E-state index contributed by atoms with van der Waals surface area (Å²) in [5, 5.41) is 12.3. The molecule has 1 aliphatic rings. The minimum atomic E-state index is -3.53. The lowest BCUT2D eigenvalue weighted by Gasteiger charge is -2.14. The summed E-state index contributed by atoms with van der Waals surface area (Å²) in [5.41, 5.74) is 0.733. The van der Waals surface area contributed by atoms with Gasteiger partial charge in [-0.25, -0.2) is 8.42 Å². The van der Waals surface area contributed by atoms with Gasteiger partial charge in [-0.1, -0.05) is 19.8 Å². The largest absolute Gasteiger partial charge is 0.305 e. The second-order valence-electron chi connectivity index (χ2n) is 6.17. The maximum atomic E-state index is 12.7. The van der Waals surface area contributed by atoms with Crippen molar-refractivity contribution in [3.63, 3.8) is 0 Å². The number of aromatic nitrogens is 5. The van der Waals surface area contributed by atoms with E-state index < -0.39 is 9.84 Å². The number of sulfone groups is 1. The highest BCUT2D eigenvalue weighted by molar-refractivity contribution is 7.90. The number of nitrogens with zero attached hydrogens (tertiary/aromatic N) is 5. The molecule has 1 saturated carbocycles. The van der Waals surface area contributed by atoms with Crippen molar-refractivity contribution in [3.05, 3.63) is 23.8 Å². The van der Waals surface area contributed by atoms with Crippen LogP contribution in [0.25, 0.3) is 0 Å². The Labute approximate surface area is 136 Å². The zero-order valence-electron chi connectivity index (χ0n) is 13.6. The maximum Gasteiger partial charge on any atom is 0.249 e. The van der Waals surface area contributed by atoms with Gasteiger partial charge in [0.25, 0.3) is 0 Å². The van der Waals surface area contributed by atoms with E-state index in [1.807, 2.05) is 11.6 Å². The molecule has 0 amide bonds. The fourth-order valence-electron chi connectivity index (χ4n) is 3.25. The van der Waals surface area contributed by atoms with Crippen molar-refractivity contribution in [2.45, 2.75) is 62.4 Å². The molecular formula is C15H23N5O2S. The molecule has 0 bridgehead atoms.